The van der Waals surface area contributed by atoms with Gasteiger partial charge in [0.2, 0.25) is 11.8 Å². The zero-order valence-corrected chi connectivity index (χ0v) is 15.1. The summed E-state index contributed by atoms with van der Waals surface area (Å²) in [6.45, 7) is 0.439. The van der Waals surface area contributed by atoms with Crippen LogP contribution in [-0.4, -0.2) is 36.3 Å². The lowest BCUT2D eigenvalue weighted by Gasteiger charge is -2.26. The molecule has 2 fully saturated rings. The lowest BCUT2D eigenvalue weighted by Crippen LogP contribution is -2.45. The van der Waals surface area contributed by atoms with Crippen molar-refractivity contribution in [1.29, 1.82) is 0 Å². The highest BCUT2D eigenvalue weighted by Gasteiger charge is 2.44. The van der Waals surface area contributed by atoms with E-state index in [1.165, 1.54) is 0 Å². The van der Waals surface area contributed by atoms with E-state index in [0.717, 1.165) is 18.4 Å². The maximum atomic E-state index is 12.7. The summed E-state index contributed by atoms with van der Waals surface area (Å²) in [7, 11) is 1.74. The fourth-order valence-corrected chi connectivity index (χ4v) is 3.61. The van der Waals surface area contributed by atoms with Gasteiger partial charge in [-0.05, 0) is 36.5 Å². The second-order valence-corrected chi connectivity index (χ2v) is 6.94. The normalized spacial score (nSPS) is 24.5. The standard InChI is InChI=1S/C17H22ClN3O2.ClH/c1-21-15(22)8-13(16(21)11-3-2-4-12(18)7-11)17(23)20-14(9-19)10-5-6-10;/h2-4,7,10,13-14,16H,5-6,8-9,19H2,1H3,(H,20,23);1H. The van der Waals surface area contributed by atoms with E-state index in [4.69, 9.17) is 17.3 Å². The highest BCUT2D eigenvalue weighted by Crippen LogP contribution is 2.38. The molecular formula is C17H23Cl2N3O2. The quantitative estimate of drug-likeness (QED) is 0.832. The Morgan fingerprint density at radius 3 is 2.75 bits per heavy atom. The second kappa shape index (κ2) is 7.72. The minimum Gasteiger partial charge on any atom is -0.351 e. The molecule has 1 aromatic carbocycles. The topological polar surface area (TPSA) is 75.4 Å². The fourth-order valence-electron chi connectivity index (χ4n) is 3.41. The molecule has 5 nitrogen and oxygen atoms in total. The van der Waals surface area contributed by atoms with E-state index in [9.17, 15) is 9.59 Å². The molecule has 0 bridgehead atoms. The molecule has 3 unspecified atom stereocenters. The molecule has 132 valence electrons. The van der Waals surface area contributed by atoms with Gasteiger partial charge in [-0.2, -0.15) is 0 Å². The molecule has 7 heteroatoms. The van der Waals surface area contributed by atoms with Crippen molar-refractivity contribution in [3.8, 4) is 0 Å². The Bertz CT molecular complexity index is 622. The Hall–Kier alpha value is -1.30. The third-order valence-electron chi connectivity index (χ3n) is 4.89. The van der Waals surface area contributed by atoms with E-state index in [-0.39, 0.29) is 42.7 Å². The van der Waals surface area contributed by atoms with Crippen molar-refractivity contribution < 1.29 is 9.59 Å². The van der Waals surface area contributed by atoms with Crippen molar-refractivity contribution in [2.45, 2.75) is 31.3 Å². The minimum absolute atomic E-state index is 0. The third kappa shape index (κ3) is 3.85. The number of carbonyl (C=O) groups is 2. The average Bonchev–Trinajstić information content (AvgIpc) is 3.31. The minimum atomic E-state index is -0.404. The molecule has 3 atom stereocenters. The van der Waals surface area contributed by atoms with Crippen molar-refractivity contribution >= 4 is 35.8 Å². The Kier molecular flexibility index (Phi) is 6.12. The van der Waals surface area contributed by atoms with E-state index < -0.39 is 5.92 Å². The van der Waals surface area contributed by atoms with Gasteiger partial charge in [0, 0.05) is 31.1 Å². The van der Waals surface area contributed by atoms with Gasteiger partial charge < -0.3 is 16.0 Å². The Morgan fingerprint density at radius 2 is 2.17 bits per heavy atom. The molecule has 1 aromatic rings. The fraction of sp³-hybridized carbons (Fsp3) is 0.529. The van der Waals surface area contributed by atoms with Crippen molar-refractivity contribution in [3.63, 3.8) is 0 Å². The first-order valence-corrected chi connectivity index (χ1v) is 8.40. The number of hydrogen-bond acceptors (Lipinski definition) is 3. The molecule has 1 aliphatic heterocycles. The predicted molar refractivity (Wildman–Crippen MR) is 96.0 cm³/mol. The lowest BCUT2D eigenvalue weighted by atomic mass is 9.92. The number of likely N-dealkylation sites (tertiary alicyclic amines) is 1. The number of hydrogen-bond donors (Lipinski definition) is 2. The van der Waals surface area contributed by atoms with Gasteiger partial charge in [-0.1, -0.05) is 23.7 Å². The zero-order chi connectivity index (χ0) is 16.6. The van der Waals surface area contributed by atoms with Crippen LogP contribution in [0.25, 0.3) is 0 Å². The molecule has 0 aromatic heterocycles. The Labute approximate surface area is 153 Å². The van der Waals surface area contributed by atoms with Crippen molar-refractivity contribution in [2.24, 2.45) is 17.6 Å². The van der Waals surface area contributed by atoms with Crippen LogP contribution in [0.1, 0.15) is 30.9 Å². The summed E-state index contributed by atoms with van der Waals surface area (Å²) in [6.07, 6.45) is 2.45. The average molecular weight is 372 g/mol. The van der Waals surface area contributed by atoms with Crippen LogP contribution >= 0.6 is 24.0 Å². The van der Waals surface area contributed by atoms with Crippen LogP contribution in [0.4, 0.5) is 0 Å². The van der Waals surface area contributed by atoms with Gasteiger partial charge in [0.15, 0.2) is 0 Å². The maximum Gasteiger partial charge on any atom is 0.226 e. The van der Waals surface area contributed by atoms with Crippen LogP contribution in [0.5, 0.6) is 0 Å². The molecule has 2 amide bonds. The highest BCUT2D eigenvalue weighted by molar-refractivity contribution is 6.30. The smallest absolute Gasteiger partial charge is 0.226 e. The highest BCUT2D eigenvalue weighted by atomic mass is 35.5. The number of nitrogens with two attached hydrogens (primary N) is 1. The summed E-state index contributed by atoms with van der Waals surface area (Å²) >= 11 is 6.07. The van der Waals surface area contributed by atoms with E-state index in [1.807, 2.05) is 18.2 Å². The summed E-state index contributed by atoms with van der Waals surface area (Å²) in [5, 5.41) is 3.65. The van der Waals surface area contributed by atoms with Crippen LogP contribution in [0.15, 0.2) is 24.3 Å². The molecule has 24 heavy (non-hydrogen) atoms. The van der Waals surface area contributed by atoms with Crippen molar-refractivity contribution in [1.82, 2.24) is 10.2 Å². The van der Waals surface area contributed by atoms with E-state index >= 15 is 0 Å². The van der Waals surface area contributed by atoms with Gasteiger partial charge in [-0.15, -0.1) is 12.4 Å². The van der Waals surface area contributed by atoms with Gasteiger partial charge in [0.05, 0.1) is 12.0 Å². The van der Waals surface area contributed by atoms with Crippen molar-refractivity contribution in [2.75, 3.05) is 13.6 Å². The maximum absolute atomic E-state index is 12.7. The predicted octanol–water partition coefficient (Wildman–Crippen LogP) is 2.13. The second-order valence-electron chi connectivity index (χ2n) is 6.50. The molecule has 1 aliphatic carbocycles. The molecule has 3 rings (SSSR count). The third-order valence-corrected chi connectivity index (χ3v) is 5.12. The molecular weight excluding hydrogens is 349 g/mol. The summed E-state index contributed by atoms with van der Waals surface area (Å²) in [6, 6.07) is 7.10. The van der Waals surface area contributed by atoms with Gasteiger partial charge in [0.1, 0.15) is 0 Å². The number of carbonyl (C=O) groups excluding carboxylic acids is 2. The number of nitrogens with zero attached hydrogens (tertiary/aromatic N) is 1. The monoisotopic (exact) mass is 371 g/mol. The zero-order valence-electron chi connectivity index (χ0n) is 13.6. The summed E-state index contributed by atoms with van der Waals surface area (Å²) in [4.78, 5) is 26.5. The number of amides is 2. The molecule has 0 spiro atoms. The number of benzene rings is 1. The lowest BCUT2D eigenvalue weighted by molar-refractivity contribution is -0.128. The summed E-state index contributed by atoms with van der Waals surface area (Å²) < 4.78 is 0. The van der Waals surface area contributed by atoms with Crippen LogP contribution < -0.4 is 11.1 Å². The summed E-state index contributed by atoms with van der Waals surface area (Å²) in [5.74, 6) is -0.0250. The molecule has 0 radical (unpaired) electrons. The van der Waals surface area contributed by atoms with Crippen molar-refractivity contribution in [3.05, 3.63) is 34.9 Å². The van der Waals surface area contributed by atoms with Gasteiger partial charge in [-0.25, -0.2) is 0 Å². The van der Waals surface area contributed by atoms with Gasteiger partial charge in [-0.3, -0.25) is 9.59 Å². The van der Waals surface area contributed by atoms with Gasteiger partial charge in [0.25, 0.3) is 0 Å². The molecule has 2 aliphatic rings. The first kappa shape index (κ1) is 19.0. The van der Waals surface area contributed by atoms with E-state index in [2.05, 4.69) is 5.32 Å². The molecule has 1 heterocycles. The number of nitrogens with one attached hydrogen (secondary N) is 1. The number of rotatable bonds is 5. The largest absolute Gasteiger partial charge is 0.351 e. The molecule has 1 saturated heterocycles. The Balaban J connectivity index is 0.00000208. The van der Waals surface area contributed by atoms with Crippen LogP contribution in [0.2, 0.25) is 5.02 Å². The van der Waals surface area contributed by atoms with Crippen LogP contribution in [0, 0.1) is 11.8 Å². The Morgan fingerprint density at radius 1 is 1.46 bits per heavy atom. The first-order valence-electron chi connectivity index (χ1n) is 8.03. The van der Waals surface area contributed by atoms with E-state index in [1.54, 1.807) is 18.0 Å². The van der Waals surface area contributed by atoms with Crippen LogP contribution in [0.3, 0.4) is 0 Å². The SMILES string of the molecule is CN1C(=O)CC(C(=O)NC(CN)C2CC2)C1c1cccc(Cl)c1.Cl. The number of halogens is 2. The molecule has 1 saturated carbocycles. The summed E-state index contributed by atoms with van der Waals surface area (Å²) in [5.41, 5.74) is 6.66. The van der Waals surface area contributed by atoms with E-state index in [0.29, 0.717) is 17.5 Å². The van der Waals surface area contributed by atoms with Crippen LogP contribution in [-0.2, 0) is 9.59 Å². The molecule has 3 N–H and O–H groups in total. The first-order chi connectivity index (χ1) is 11.0. The van der Waals surface area contributed by atoms with Gasteiger partial charge >= 0.3 is 0 Å².